The molecule has 1 N–H and O–H groups in total. The molecule has 5 nitrogen and oxygen atoms in total. The standard InChI is InChI=1S/C19H18BrClO5S/c20-13-7-5-12(6-8-13)11-26-17-10-14(9-15(17)19(22)23)27(24,25)18-4-2-1-3-16(18)21/h1-8,14-15,17H,9-11H2,(H,22,23)/t14-,15-,17-/m0/s1. The summed E-state index contributed by atoms with van der Waals surface area (Å²) < 4.78 is 32.6. The molecule has 144 valence electrons. The van der Waals surface area contributed by atoms with Gasteiger partial charge in [-0.25, -0.2) is 8.42 Å². The number of benzene rings is 2. The van der Waals surface area contributed by atoms with Gasteiger partial charge in [-0.05, 0) is 42.7 Å². The Labute approximate surface area is 171 Å². The van der Waals surface area contributed by atoms with E-state index in [1.54, 1.807) is 12.1 Å². The van der Waals surface area contributed by atoms with Crippen LogP contribution in [0.1, 0.15) is 18.4 Å². The number of hydrogen-bond donors (Lipinski definition) is 1. The van der Waals surface area contributed by atoms with Crippen molar-refractivity contribution in [3.63, 3.8) is 0 Å². The molecule has 0 radical (unpaired) electrons. The van der Waals surface area contributed by atoms with Crippen molar-refractivity contribution in [3.8, 4) is 0 Å². The number of carbonyl (C=O) groups is 1. The van der Waals surface area contributed by atoms with Crippen molar-refractivity contribution < 1.29 is 23.1 Å². The summed E-state index contributed by atoms with van der Waals surface area (Å²) in [5, 5.41) is 8.82. The average molecular weight is 474 g/mol. The van der Waals surface area contributed by atoms with Crippen LogP contribution in [-0.2, 0) is 26.0 Å². The van der Waals surface area contributed by atoms with Gasteiger partial charge in [0.25, 0.3) is 0 Å². The highest BCUT2D eigenvalue weighted by Crippen LogP contribution is 2.38. The van der Waals surface area contributed by atoms with Gasteiger partial charge in [0, 0.05) is 4.47 Å². The van der Waals surface area contributed by atoms with Crippen LogP contribution in [0.2, 0.25) is 5.02 Å². The Morgan fingerprint density at radius 2 is 1.81 bits per heavy atom. The zero-order valence-electron chi connectivity index (χ0n) is 14.2. The summed E-state index contributed by atoms with van der Waals surface area (Å²) in [6.45, 7) is 0.223. The van der Waals surface area contributed by atoms with Crippen LogP contribution in [0.15, 0.2) is 57.9 Å². The van der Waals surface area contributed by atoms with Crippen molar-refractivity contribution in [2.75, 3.05) is 0 Å². The van der Waals surface area contributed by atoms with E-state index >= 15 is 0 Å². The van der Waals surface area contributed by atoms with Crippen molar-refractivity contribution in [2.24, 2.45) is 5.92 Å². The SMILES string of the molecule is O=C(O)[C@H]1C[C@H](S(=O)(=O)c2ccccc2Cl)C[C@@H]1OCc1ccc(Br)cc1. The molecule has 0 bridgehead atoms. The number of ether oxygens (including phenoxy) is 1. The van der Waals surface area contributed by atoms with E-state index in [-0.39, 0.29) is 29.4 Å². The lowest BCUT2D eigenvalue weighted by Gasteiger charge is -2.16. The Kier molecular flexibility index (Phi) is 6.25. The number of carboxylic acid groups (broad SMARTS) is 1. The fourth-order valence-electron chi connectivity index (χ4n) is 3.29. The third kappa shape index (κ3) is 4.54. The van der Waals surface area contributed by atoms with Crippen LogP contribution in [0.3, 0.4) is 0 Å². The number of halogens is 2. The van der Waals surface area contributed by atoms with Gasteiger partial charge in [-0.1, -0.05) is 51.8 Å². The molecule has 1 aliphatic carbocycles. The van der Waals surface area contributed by atoms with Gasteiger partial charge in [-0.3, -0.25) is 4.79 Å². The van der Waals surface area contributed by atoms with Crippen LogP contribution in [0.4, 0.5) is 0 Å². The van der Waals surface area contributed by atoms with Crippen LogP contribution in [0.5, 0.6) is 0 Å². The van der Waals surface area contributed by atoms with Gasteiger partial charge in [-0.2, -0.15) is 0 Å². The third-order valence-electron chi connectivity index (χ3n) is 4.74. The minimum atomic E-state index is -3.74. The van der Waals surface area contributed by atoms with Crippen LogP contribution in [0.25, 0.3) is 0 Å². The predicted octanol–water partition coefficient (Wildman–Crippen LogP) is 4.32. The molecule has 2 aromatic carbocycles. The Hall–Kier alpha value is -1.41. The summed E-state index contributed by atoms with van der Waals surface area (Å²) >= 11 is 9.40. The molecule has 0 saturated heterocycles. The topological polar surface area (TPSA) is 80.7 Å². The highest BCUT2D eigenvalue weighted by Gasteiger charge is 2.45. The monoisotopic (exact) mass is 472 g/mol. The van der Waals surface area contributed by atoms with Gasteiger partial charge in [0.05, 0.1) is 33.8 Å². The van der Waals surface area contributed by atoms with E-state index < -0.39 is 33.1 Å². The summed E-state index contributed by atoms with van der Waals surface area (Å²) in [5.74, 6) is -1.92. The number of hydrogen-bond acceptors (Lipinski definition) is 4. The van der Waals surface area contributed by atoms with E-state index in [0.717, 1.165) is 10.0 Å². The first kappa shape index (κ1) is 20.3. The molecule has 1 fully saturated rings. The maximum Gasteiger partial charge on any atom is 0.309 e. The minimum absolute atomic E-state index is 0.00783. The van der Waals surface area contributed by atoms with E-state index in [0.29, 0.717) is 0 Å². The minimum Gasteiger partial charge on any atom is -0.481 e. The van der Waals surface area contributed by atoms with Crippen molar-refractivity contribution in [1.29, 1.82) is 0 Å². The quantitative estimate of drug-likeness (QED) is 0.675. The number of carboxylic acids is 1. The maximum absolute atomic E-state index is 12.9. The smallest absolute Gasteiger partial charge is 0.309 e. The molecular weight excluding hydrogens is 456 g/mol. The van der Waals surface area contributed by atoms with Crippen molar-refractivity contribution in [1.82, 2.24) is 0 Å². The van der Waals surface area contributed by atoms with Crippen molar-refractivity contribution in [3.05, 3.63) is 63.6 Å². The maximum atomic E-state index is 12.9. The zero-order valence-corrected chi connectivity index (χ0v) is 17.4. The van der Waals surface area contributed by atoms with Crippen LogP contribution >= 0.6 is 27.5 Å². The molecule has 27 heavy (non-hydrogen) atoms. The molecule has 0 aliphatic heterocycles. The second-order valence-electron chi connectivity index (χ2n) is 6.49. The number of rotatable bonds is 6. The molecule has 3 atom stereocenters. The Morgan fingerprint density at radius 1 is 1.15 bits per heavy atom. The summed E-state index contributed by atoms with van der Waals surface area (Å²) in [6.07, 6.45) is -0.539. The van der Waals surface area contributed by atoms with E-state index in [2.05, 4.69) is 15.9 Å². The third-order valence-corrected chi connectivity index (χ3v) is 7.94. The molecule has 0 heterocycles. The Bertz CT molecular complexity index is 929. The molecule has 1 saturated carbocycles. The Morgan fingerprint density at radius 3 is 2.44 bits per heavy atom. The van der Waals surface area contributed by atoms with Crippen LogP contribution < -0.4 is 0 Å². The highest BCUT2D eigenvalue weighted by molar-refractivity contribution is 9.10. The van der Waals surface area contributed by atoms with Gasteiger partial charge in [0.15, 0.2) is 9.84 Å². The highest BCUT2D eigenvalue weighted by atomic mass is 79.9. The summed E-state index contributed by atoms with van der Waals surface area (Å²) in [7, 11) is -3.74. The van der Waals surface area contributed by atoms with E-state index in [4.69, 9.17) is 16.3 Å². The van der Waals surface area contributed by atoms with Gasteiger partial charge in [0.1, 0.15) is 0 Å². The van der Waals surface area contributed by atoms with Gasteiger partial charge < -0.3 is 9.84 Å². The van der Waals surface area contributed by atoms with Crippen molar-refractivity contribution in [2.45, 2.75) is 35.7 Å². The first-order chi connectivity index (χ1) is 12.8. The molecule has 0 aromatic heterocycles. The van der Waals surface area contributed by atoms with Gasteiger partial charge in [-0.15, -0.1) is 0 Å². The van der Waals surface area contributed by atoms with Gasteiger partial charge >= 0.3 is 5.97 Å². The van der Waals surface area contributed by atoms with E-state index in [1.165, 1.54) is 12.1 Å². The second kappa shape index (κ2) is 8.31. The molecular formula is C19H18BrClO5S. The lowest BCUT2D eigenvalue weighted by atomic mass is 10.1. The lowest BCUT2D eigenvalue weighted by Crippen LogP contribution is -2.25. The van der Waals surface area contributed by atoms with E-state index in [1.807, 2.05) is 24.3 Å². The fourth-order valence-corrected chi connectivity index (χ4v) is 5.88. The zero-order chi connectivity index (χ0) is 19.6. The average Bonchev–Trinajstić information content (AvgIpc) is 3.07. The van der Waals surface area contributed by atoms with Crippen LogP contribution in [-0.4, -0.2) is 30.8 Å². The van der Waals surface area contributed by atoms with E-state index in [9.17, 15) is 18.3 Å². The predicted molar refractivity (Wildman–Crippen MR) is 106 cm³/mol. The summed E-state index contributed by atoms with van der Waals surface area (Å²) in [4.78, 5) is 11.7. The molecule has 3 rings (SSSR count). The Balaban J connectivity index is 1.77. The molecule has 1 aliphatic rings. The molecule has 0 unspecified atom stereocenters. The lowest BCUT2D eigenvalue weighted by molar-refractivity contribution is -0.146. The normalized spacial score (nSPS) is 22.7. The molecule has 8 heteroatoms. The first-order valence-electron chi connectivity index (χ1n) is 8.36. The molecule has 0 spiro atoms. The number of sulfone groups is 1. The summed E-state index contributed by atoms with van der Waals surface area (Å²) in [5.41, 5.74) is 0.889. The van der Waals surface area contributed by atoms with Crippen LogP contribution in [0, 0.1) is 5.92 Å². The molecule has 0 amide bonds. The molecule has 2 aromatic rings. The second-order valence-corrected chi connectivity index (χ2v) is 10.0. The fraction of sp³-hybridized carbons (Fsp3) is 0.316. The summed E-state index contributed by atoms with van der Waals surface area (Å²) in [6, 6.07) is 13.7. The first-order valence-corrected chi connectivity index (χ1v) is 11.1. The van der Waals surface area contributed by atoms with Crippen molar-refractivity contribution >= 4 is 43.3 Å². The largest absolute Gasteiger partial charge is 0.481 e. The number of aliphatic carboxylic acids is 1. The van der Waals surface area contributed by atoms with Gasteiger partial charge in [0.2, 0.25) is 0 Å².